The number of aromatic nitrogens is 4. The van der Waals surface area contributed by atoms with Gasteiger partial charge in [0.25, 0.3) is 0 Å². The number of nitrogens with zero attached hydrogens (tertiary/aromatic N) is 4. The van der Waals surface area contributed by atoms with Gasteiger partial charge in [-0.05, 0) is 23.8 Å². The number of H-pyrrole nitrogens is 1. The molecule has 11 heteroatoms. The largest absolute Gasteiger partial charge is 0.518 e. The van der Waals surface area contributed by atoms with Gasteiger partial charge < -0.3 is 9.88 Å². The highest BCUT2D eigenvalue weighted by Crippen LogP contribution is 2.32. The molecule has 3 aromatic heterocycles. The van der Waals surface area contributed by atoms with Gasteiger partial charge in [0.05, 0.1) is 12.4 Å². The summed E-state index contributed by atoms with van der Waals surface area (Å²) in [6.07, 6.45) is 5.15. The minimum atomic E-state index is -5.59. The molecule has 0 saturated carbocycles. The molecule has 0 atom stereocenters. The van der Waals surface area contributed by atoms with Gasteiger partial charge in [-0.2, -0.15) is 30.8 Å². The van der Waals surface area contributed by atoms with Crippen LogP contribution < -0.4 is 4.90 Å². The molecule has 1 aromatic carbocycles. The van der Waals surface area contributed by atoms with E-state index in [1.807, 2.05) is 49.3 Å². The molecule has 0 fully saturated rings. The first kappa shape index (κ1) is 20.0. The normalized spacial score (nSPS) is 12.4. The molecule has 0 amide bonds. The van der Waals surface area contributed by atoms with Crippen molar-refractivity contribution in [2.75, 3.05) is 19.0 Å². The first-order valence-corrected chi connectivity index (χ1v) is 10.1. The summed E-state index contributed by atoms with van der Waals surface area (Å²) in [7, 11) is -1.71. The van der Waals surface area contributed by atoms with Crippen LogP contribution >= 0.6 is 0 Å². The lowest BCUT2D eigenvalue weighted by Gasteiger charge is -2.12. The van der Waals surface area contributed by atoms with Crippen LogP contribution in [0.2, 0.25) is 0 Å². The number of alkyl halides is 3. The smallest absolute Gasteiger partial charge is 0.378 e. The minimum absolute atomic E-state index is 0.0710. The van der Waals surface area contributed by atoms with Gasteiger partial charge >= 0.3 is 15.5 Å². The third-order valence-electron chi connectivity index (χ3n) is 4.66. The topological polar surface area (TPSA) is 83.9 Å². The van der Waals surface area contributed by atoms with Crippen LogP contribution in [0.5, 0.6) is 0 Å². The van der Waals surface area contributed by atoms with Gasteiger partial charge in [0.15, 0.2) is 0 Å². The average molecular weight is 435 g/mol. The quantitative estimate of drug-likeness (QED) is 0.526. The van der Waals surface area contributed by atoms with E-state index >= 15 is 0 Å². The fraction of sp³-hybridized carbons (Fsp3) is 0.158. The Bertz CT molecular complexity index is 1320. The predicted molar refractivity (Wildman–Crippen MR) is 107 cm³/mol. The van der Waals surface area contributed by atoms with Crippen molar-refractivity contribution in [3.8, 4) is 22.3 Å². The van der Waals surface area contributed by atoms with Gasteiger partial charge in [0.2, 0.25) is 0 Å². The van der Waals surface area contributed by atoms with E-state index in [2.05, 4.69) is 15.1 Å². The third-order valence-corrected chi connectivity index (χ3v) is 5.94. The Morgan fingerprint density at radius 3 is 2.37 bits per heavy atom. The minimum Gasteiger partial charge on any atom is -0.378 e. The number of halogens is 3. The molecule has 0 radical (unpaired) electrons. The summed E-state index contributed by atoms with van der Waals surface area (Å²) in [5.41, 5.74) is -1.45. The summed E-state index contributed by atoms with van der Waals surface area (Å²) in [6, 6.07) is 9.65. The van der Waals surface area contributed by atoms with E-state index in [1.165, 1.54) is 0 Å². The molecular weight excluding hydrogens is 419 g/mol. The highest BCUT2D eigenvalue weighted by Gasteiger charge is 2.48. The zero-order valence-electron chi connectivity index (χ0n) is 15.8. The fourth-order valence-electron chi connectivity index (χ4n) is 3.03. The first-order chi connectivity index (χ1) is 14.1. The van der Waals surface area contributed by atoms with Crippen LogP contribution in [0.25, 0.3) is 33.3 Å². The van der Waals surface area contributed by atoms with E-state index in [-0.39, 0.29) is 9.65 Å². The molecular formula is C19H16F3N5O2S. The number of rotatable bonds is 4. The van der Waals surface area contributed by atoms with Gasteiger partial charge in [-0.25, -0.2) is 4.98 Å². The number of fused-ring (bicyclic) bond motifs is 1. The zero-order valence-corrected chi connectivity index (χ0v) is 16.7. The van der Waals surface area contributed by atoms with Crippen LogP contribution in [0, 0.1) is 0 Å². The predicted octanol–water partition coefficient (Wildman–Crippen LogP) is 3.86. The molecule has 0 saturated heterocycles. The third kappa shape index (κ3) is 3.30. The van der Waals surface area contributed by atoms with E-state index in [1.54, 1.807) is 12.4 Å². The van der Waals surface area contributed by atoms with Crippen molar-refractivity contribution >= 4 is 26.7 Å². The number of hydrogen-bond donors (Lipinski definition) is 1. The van der Waals surface area contributed by atoms with E-state index in [0.717, 1.165) is 29.2 Å². The molecule has 0 bridgehead atoms. The Morgan fingerprint density at radius 1 is 1.03 bits per heavy atom. The van der Waals surface area contributed by atoms with Crippen molar-refractivity contribution in [3.05, 3.63) is 55.1 Å². The summed E-state index contributed by atoms with van der Waals surface area (Å²) in [5.74, 6) is 0. The maximum Gasteiger partial charge on any atom is 0.518 e. The number of nitrogens with one attached hydrogen (secondary N) is 1. The van der Waals surface area contributed by atoms with E-state index in [9.17, 15) is 21.6 Å². The lowest BCUT2D eigenvalue weighted by atomic mass is 10.0. The summed E-state index contributed by atoms with van der Waals surface area (Å²) in [4.78, 5) is 9.28. The van der Waals surface area contributed by atoms with Gasteiger partial charge in [0, 0.05) is 54.3 Å². The SMILES string of the molecule is CN(C)c1ccc(-c2cnc3[nH]cc(-c4cnn(S(=O)(=O)C(F)(F)F)c4)c3c2)cc1. The lowest BCUT2D eigenvalue weighted by Crippen LogP contribution is -2.30. The summed E-state index contributed by atoms with van der Waals surface area (Å²) in [5, 5.41) is 4.03. The molecule has 3 heterocycles. The van der Waals surface area contributed by atoms with Crippen LogP contribution in [0.4, 0.5) is 18.9 Å². The number of hydrogen-bond acceptors (Lipinski definition) is 5. The van der Waals surface area contributed by atoms with Gasteiger partial charge in [-0.3, -0.25) is 0 Å². The van der Waals surface area contributed by atoms with Gasteiger partial charge in [0.1, 0.15) is 5.65 Å². The van der Waals surface area contributed by atoms with Crippen molar-refractivity contribution in [1.29, 1.82) is 0 Å². The Hall–Kier alpha value is -3.34. The Labute approximate surface area is 169 Å². The molecule has 4 rings (SSSR count). The second-order valence-electron chi connectivity index (χ2n) is 6.82. The van der Waals surface area contributed by atoms with E-state index in [4.69, 9.17) is 0 Å². The lowest BCUT2D eigenvalue weighted by molar-refractivity contribution is -0.0449. The Kier molecular flexibility index (Phi) is 4.57. The molecule has 0 spiro atoms. The van der Waals surface area contributed by atoms with Crippen LogP contribution in [-0.2, 0) is 10.0 Å². The Morgan fingerprint density at radius 2 is 1.73 bits per heavy atom. The fourth-order valence-corrected chi connectivity index (χ4v) is 3.67. The molecule has 1 N–H and O–H groups in total. The number of anilines is 1. The number of aromatic amines is 1. The molecule has 0 aliphatic heterocycles. The van der Waals surface area contributed by atoms with E-state index < -0.39 is 15.5 Å². The first-order valence-electron chi connectivity index (χ1n) is 8.70. The van der Waals surface area contributed by atoms with Crippen molar-refractivity contribution in [1.82, 2.24) is 19.2 Å². The molecule has 4 aromatic rings. The van der Waals surface area contributed by atoms with Crippen LogP contribution in [-0.4, -0.2) is 47.2 Å². The van der Waals surface area contributed by atoms with Crippen LogP contribution in [0.1, 0.15) is 0 Å². The summed E-state index contributed by atoms with van der Waals surface area (Å²) >= 11 is 0. The molecule has 0 aliphatic rings. The van der Waals surface area contributed by atoms with Crippen LogP contribution in [0.3, 0.4) is 0 Å². The maximum atomic E-state index is 12.8. The number of pyridine rings is 1. The monoisotopic (exact) mass is 435 g/mol. The average Bonchev–Trinajstić information content (AvgIpc) is 3.33. The van der Waals surface area contributed by atoms with Crippen LogP contribution in [0.15, 0.2) is 55.1 Å². The van der Waals surface area contributed by atoms with E-state index in [0.29, 0.717) is 16.6 Å². The van der Waals surface area contributed by atoms with Crippen molar-refractivity contribution < 1.29 is 21.6 Å². The molecule has 0 aliphatic carbocycles. The number of benzene rings is 1. The molecule has 30 heavy (non-hydrogen) atoms. The zero-order chi connectivity index (χ0) is 21.7. The van der Waals surface area contributed by atoms with Gasteiger partial charge in [-0.15, -0.1) is 0 Å². The highest BCUT2D eigenvalue weighted by atomic mass is 32.2. The second kappa shape index (κ2) is 6.87. The van der Waals surface area contributed by atoms with Crippen molar-refractivity contribution in [2.24, 2.45) is 0 Å². The maximum absolute atomic E-state index is 12.8. The highest BCUT2D eigenvalue weighted by molar-refractivity contribution is 7.90. The summed E-state index contributed by atoms with van der Waals surface area (Å²) < 4.78 is 61.4. The molecule has 0 unspecified atom stereocenters. The summed E-state index contributed by atoms with van der Waals surface area (Å²) in [6.45, 7) is 0. The van der Waals surface area contributed by atoms with Crippen molar-refractivity contribution in [3.63, 3.8) is 0 Å². The van der Waals surface area contributed by atoms with Crippen molar-refractivity contribution in [2.45, 2.75) is 5.51 Å². The van der Waals surface area contributed by atoms with Gasteiger partial charge in [-0.1, -0.05) is 12.1 Å². The molecule has 156 valence electrons. The second-order valence-corrected chi connectivity index (χ2v) is 8.60. The standard InChI is InChI=1S/C19H16F3N5O2S/c1-26(2)15-5-3-12(4-6-15)13-7-16-17(10-24-18(16)23-8-13)14-9-25-27(11-14)30(28,29)19(20,21)22/h3-11H,1-2H3,(H,23,24). The molecule has 7 nitrogen and oxygen atoms in total. The Balaban J connectivity index is 1.76.